The molecule has 0 aliphatic heterocycles. The van der Waals surface area contributed by atoms with Gasteiger partial charge in [-0.25, -0.2) is 0 Å². The van der Waals surface area contributed by atoms with Crippen molar-refractivity contribution in [2.75, 3.05) is 0 Å². The molecule has 0 aliphatic rings. The van der Waals surface area contributed by atoms with Gasteiger partial charge in [0.2, 0.25) is 0 Å². The fourth-order valence-corrected chi connectivity index (χ4v) is 0.606. The molecule has 0 unspecified atom stereocenters. The van der Waals surface area contributed by atoms with Gasteiger partial charge in [-0.15, -0.1) is 5.10 Å². The summed E-state index contributed by atoms with van der Waals surface area (Å²) in [7, 11) is 0. The maximum absolute atomic E-state index is 12.3. The number of nitrogens with one attached hydrogen (secondary N) is 1. The second kappa shape index (κ2) is 2.05. The topological polar surface area (TPSA) is 71.8 Å². The van der Waals surface area contributed by atoms with Crippen LogP contribution in [0.5, 0.6) is 0 Å². The van der Waals surface area contributed by atoms with Crippen molar-refractivity contribution in [3.63, 3.8) is 0 Å². The van der Waals surface area contributed by atoms with E-state index >= 15 is 0 Å². The van der Waals surface area contributed by atoms with Gasteiger partial charge in [-0.3, -0.25) is 15.2 Å². The number of H-pyrrole nitrogens is 1. The van der Waals surface area contributed by atoms with Gasteiger partial charge in [-0.2, -0.15) is 4.39 Å². The molecule has 0 amide bonds. The summed E-state index contributed by atoms with van der Waals surface area (Å²) in [4.78, 5) is 9.20. The minimum Gasteiger partial charge on any atom is -0.273 e. The van der Waals surface area contributed by atoms with Gasteiger partial charge in [-0.05, 0) is 6.92 Å². The Kier molecular flexibility index (Phi) is 1.37. The van der Waals surface area contributed by atoms with Crippen LogP contribution in [0.3, 0.4) is 0 Å². The molecule has 0 bridgehead atoms. The number of halogens is 1. The first-order valence-electron chi connectivity index (χ1n) is 2.47. The van der Waals surface area contributed by atoms with Gasteiger partial charge >= 0.3 is 11.6 Å². The highest BCUT2D eigenvalue weighted by molar-refractivity contribution is 5.31. The van der Waals surface area contributed by atoms with Crippen molar-refractivity contribution in [3.8, 4) is 0 Å². The summed E-state index contributed by atoms with van der Waals surface area (Å²) < 4.78 is 12.3. The molecule has 0 spiro atoms. The van der Waals surface area contributed by atoms with Crippen LogP contribution in [0.15, 0.2) is 0 Å². The van der Waals surface area contributed by atoms with Crippen LogP contribution in [0.4, 0.5) is 10.1 Å². The van der Waals surface area contributed by atoms with Gasteiger partial charge in [0.25, 0.3) is 0 Å². The zero-order valence-corrected chi connectivity index (χ0v) is 5.09. The molecule has 0 radical (unpaired) electrons. The van der Waals surface area contributed by atoms with Crippen LogP contribution in [-0.2, 0) is 0 Å². The van der Waals surface area contributed by atoms with Gasteiger partial charge in [0, 0.05) is 0 Å². The molecule has 0 saturated carbocycles. The third-order valence-electron chi connectivity index (χ3n) is 1.05. The summed E-state index contributed by atoms with van der Waals surface area (Å²) in [5.41, 5.74) is -0.456. The summed E-state index contributed by atoms with van der Waals surface area (Å²) in [5, 5.41) is 15.2. The van der Waals surface area contributed by atoms with Crippen LogP contribution in [0.25, 0.3) is 0 Å². The lowest BCUT2D eigenvalue weighted by molar-refractivity contribution is -0.388. The van der Waals surface area contributed by atoms with E-state index in [-0.39, 0.29) is 5.69 Å². The predicted octanol–water partition coefficient (Wildman–Crippen LogP) is 0.765. The average molecular weight is 145 g/mol. The zero-order chi connectivity index (χ0) is 7.72. The molecule has 6 heteroatoms. The van der Waals surface area contributed by atoms with E-state index in [1.54, 1.807) is 0 Å². The number of nitro groups is 1. The van der Waals surface area contributed by atoms with Crippen molar-refractivity contribution in [2.45, 2.75) is 6.92 Å². The van der Waals surface area contributed by atoms with Gasteiger partial charge in [0.1, 0.15) is 5.69 Å². The van der Waals surface area contributed by atoms with E-state index in [2.05, 4.69) is 10.2 Å². The van der Waals surface area contributed by atoms with Crippen molar-refractivity contribution in [3.05, 3.63) is 21.8 Å². The highest BCUT2D eigenvalue weighted by atomic mass is 19.1. The lowest BCUT2D eigenvalue weighted by Crippen LogP contribution is -1.90. The second-order valence-corrected chi connectivity index (χ2v) is 1.75. The quantitative estimate of drug-likeness (QED) is 0.468. The smallest absolute Gasteiger partial charge is 0.273 e. The van der Waals surface area contributed by atoms with Crippen LogP contribution >= 0.6 is 0 Å². The number of rotatable bonds is 1. The third-order valence-corrected chi connectivity index (χ3v) is 1.05. The van der Waals surface area contributed by atoms with Gasteiger partial charge in [0.05, 0.1) is 4.92 Å². The van der Waals surface area contributed by atoms with E-state index in [4.69, 9.17) is 0 Å². The normalized spacial score (nSPS) is 9.80. The zero-order valence-electron chi connectivity index (χ0n) is 5.09. The van der Waals surface area contributed by atoms with Gasteiger partial charge in [-0.1, -0.05) is 0 Å². The van der Waals surface area contributed by atoms with Crippen molar-refractivity contribution in [2.24, 2.45) is 0 Å². The molecule has 0 saturated heterocycles. The van der Waals surface area contributed by atoms with Gasteiger partial charge in [0.15, 0.2) is 0 Å². The highest BCUT2D eigenvalue weighted by Crippen LogP contribution is 2.17. The molecule has 0 aromatic carbocycles. The maximum Gasteiger partial charge on any atom is 0.345 e. The van der Waals surface area contributed by atoms with Crippen molar-refractivity contribution in [1.82, 2.24) is 10.2 Å². The molecule has 1 N–H and O–H groups in total. The first kappa shape index (κ1) is 6.66. The Labute approximate surface area is 55.0 Å². The van der Waals surface area contributed by atoms with Crippen LogP contribution in [-0.4, -0.2) is 15.1 Å². The molecule has 54 valence electrons. The Hall–Kier alpha value is -1.46. The van der Waals surface area contributed by atoms with Crippen molar-refractivity contribution < 1.29 is 9.31 Å². The number of aromatic amines is 1. The van der Waals surface area contributed by atoms with Crippen LogP contribution in [0.2, 0.25) is 0 Å². The number of hydrogen-bond acceptors (Lipinski definition) is 3. The third kappa shape index (κ3) is 0.831. The summed E-state index contributed by atoms with van der Waals surface area (Å²) in [6.45, 7) is 1.38. The van der Waals surface area contributed by atoms with E-state index in [1.165, 1.54) is 6.92 Å². The molecule has 0 fully saturated rings. The molecule has 1 aromatic heterocycles. The number of aromatic nitrogens is 2. The first-order chi connectivity index (χ1) is 4.63. The Morgan fingerprint density at radius 3 is 2.60 bits per heavy atom. The summed E-state index contributed by atoms with van der Waals surface area (Å²) >= 11 is 0. The molecular weight excluding hydrogens is 141 g/mol. The van der Waals surface area contributed by atoms with E-state index in [1.807, 2.05) is 0 Å². The Morgan fingerprint density at radius 1 is 1.80 bits per heavy atom. The maximum atomic E-state index is 12.3. The lowest BCUT2D eigenvalue weighted by Gasteiger charge is -1.83. The molecule has 5 nitrogen and oxygen atoms in total. The van der Waals surface area contributed by atoms with E-state index in [0.717, 1.165) is 0 Å². The molecular formula is C4H4FN3O2. The Bertz CT molecular complexity index is 250. The molecule has 1 rings (SSSR count). The second-order valence-electron chi connectivity index (χ2n) is 1.75. The number of hydrogen-bond donors (Lipinski definition) is 1. The van der Waals surface area contributed by atoms with Crippen LogP contribution in [0, 0.1) is 23.0 Å². The SMILES string of the molecule is Cc1[nH]nc(F)c1[N+](=O)[O-]. The largest absolute Gasteiger partial charge is 0.345 e. The highest BCUT2D eigenvalue weighted by Gasteiger charge is 2.20. The first-order valence-corrected chi connectivity index (χ1v) is 2.47. The summed E-state index contributed by atoms with van der Waals surface area (Å²) in [5.74, 6) is -1.07. The molecule has 1 heterocycles. The molecule has 0 atom stereocenters. The number of aryl methyl sites for hydroxylation is 1. The van der Waals surface area contributed by atoms with Crippen LogP contribution in [0.1, 0.15) is 5.69 Å². The summed E-state index contributed by atoms with van der Waals surface area (Å²) in [6, 6.07) is 0. The predicted molar refractivity (Wildman–Crippen MR) is 29.9 cm³/mol. The van der Waals surface area contributed by atoms with Crippen LogP contribution < -0.4 is 0 Å². The van der Waals surface area contributed by atoms with Crippen molar-refractivity contribution >= 4 is 5.69 Å². The standard InChI is InChI=1S/C4H4FN3O2/c1-2-3(8(9)10)4(5)7-6-2/h1H3,(H,6,7). The van der Waals surface area contributed by atoms with Crippen molar-refractivity contribution in [1.29, 1.82) is 0 Å². The lowest BCUT2D eigenvalue weighted by atomic mass is 10.4. The number of nitrogens with zero attached hydrogens (tertiary/aromatic N) is 2. The molecule has 0 aliphatic carbocycles. The van der Waals surface area contributed by atoms with Gasteiger partial charge < -0.3 is 0 Å². The fourth-order valence-electron chi connectivity index (χ4n) is 0.606. The van der Waals surface area contributed by atoms with E-state index in [9.17, 15) is 14.5 Å². The minimum atomic E-state index is -1.07. The molecule has 10 heavy (non-hydrogen) atoms. The average Bonchev–Trinajstić information content (AvgIpc) is 2.11. The monoisotopic (exact) mass is 145 g/mol. The molecule has 1 aromatic rings. The fraction of sp³-hybridized carbons (Fsp3) is 0.250. The summed E-state index contributed by atoms with van der Waals surface area (Å²) in [6.07, 6.45) is 0. The minimum absolute atomic E-state index is 0.127. The van der Waals surface area contributed by atoms with E-state index < -0.39 is 16.6 Å². The van der Waals surface area contributed by atoms with E-state index in [0.29, 0.717) is 0 Å². The Balaban J connectivity index is 3.23. The Morgan fingerprint density at radius 2 is 2.40 bits per heavy atom.